The summed E-state index contributed by atoms with van der Waals surface area (Å²) in [5, 5.41) is 78.1. The van der Waals surface area contributed by atoms with E-state index in [-0.39, 0.29) is 85.7 Å². The third-order valence-corrected chi connectivity index (χ3v) is 14.7. The molecule has 0 amide bonds. The first-order chi connectivity index (χ1) is 34.0. The minimum Gasteiger partial charge on any atom is -0.481 e. The van der Waals surface area contributed by atoms with Crippen LogP contribution in [0.15, 0.2) is 60.7 Å². The summed E-state index contributed by atoms with van der Waals surface area (Å²) < 4.78 is 80.7. The Kier molecular flexibility index (Phi) is 25.0. The summed E-state index contributed by atoms with van der Waals surface area (Å²) >= 11 is 0. The maximum absolute atomic E-state index is 13.6. The molecule has 2 heterocycles. The number of benzene rings is 2. The number of carboxylic acid groups (broad SMARTS) is 2. The van der Waals surface area contributed by atoms with Crippen molar-refractivity contribution >= 4 is 93.8 Å². The second-order valence-corrected chi connectivity index (χ2v) is 23.6. The monoisotopic (exact) mass is 1120 g/mol. The number of aliphatic carboxylic acids is 2. The summed E-state index contributed by atoms with van der Waals surface area (Å²) in [4.78, 5) is 39.4. The Morgan fingerprint density at radius 1 is 0.587 bits per heavy atom. The fourth-order valence-corrected chi connectivity index (χ4v) is 9.96. The quantitative estimate of drug-likeness (QED) is 0.0441. The first kappa shape index (κ1) is 66.5. The fourth-order valence-electron chi connectivity index (χ4n) is 7.13. The van der Waals surface area contributed by atoms with Crippen LogP contribution in [0.5, 0.6) is 0 Å². The van der Waals surface area contributed by atoms with Gasteiger partial charge in [-0.3, -0.25) is 9.59 Å². The summed E-state index contributed by atoms with van der Waals surface area (Å²) in [6.45, 7) is 12.8. The van der Waals surface area contributed by atoms with Gasteiger partial charge in [-0.1, -0.05) is 52.0 Å². The van der Waals surface area contributed by atoms with Crippen LogP contribution in [-0.2, 0) is 29.6 Å². The third-order valence-electron chi connectivity index (χ3n) is 10.5. The first-order valence-corrected chi connectivity index (χ1v) is 26.5. The maximum atomic E-state index is 13.6. The van der Waals surface area contributed by atoms with Crippen molar-refractivity contribution in [3.05, 3.63) is 94.8 Å². The van der Waals surface area contributed by atoms with E-state index in [4.69, 9.17) is 10.2 Å². The Labute approximate surface area is 466 Å². The molecule has 2 radical (unpaired) electrons. The van der Waals surface area contributed by atoms with Gasteiger partial charge < -0.3 is 40.9 Å². The minimum absolute atomic E-state index is 0. The zero-order valence-corrected chi connectivity index (χ0v) is 47.5. The Balaban J connectivity index is 0.000000507. The normalized spacial score (nSPS) is 14.0. The number of hydrogen-bond acceptors (Lipinski definition) is 16. The van der Waals surface area contributed by atoms with Gasteiger partial charge in [0.05, 0.1) is 82.7 Å². The SMILES string of the molecule is CC(C)c1nc(N(C)S(=O)(=O)CC(C)(C)O)nc(-c2ccc(F)cc2)c1/C=C/[C@@H](O)C[C@@H](O)CC(=O)O.CC(C)c1nc(N(C)S(=O)(=O)CC(C)(C)O)nc(-c2ccc(F)cc2)c1/C=C/[C@@H](O)C[C@@H](O)CC(=O)O.[Ca]. The number of hydrogen-bond donors (Lipinski definition) is 8. The number of aliphatic hydroxyl groups is 6. The Bertz CT molecular complexity index is 2650. The van der Waals surface area contributed by atoms with Crippen molar-refractivity contribution < 1.29 is 76.1 Å². The summed E-state index contributed by atoms with van der Waals surface area (Å²) in [6, 6.07) is 10.8. The van der Waals surface area contributed by atoms with E-state index in [1.54, 1.807) is 0 Å². The van der Waals surface area contributed by atoms with Gasteiger partial charge in [0.2, 0.25) is 31.9 Å². The van der Waals surface area contributed by atoms with Gasteiger partial charge in [-0.05, 0) is 88.1 Å². The molecule has 0 bridgehead atoms. The smallest absolute Gasteiger partial charge is 0.305 e. The molecule has 0 unspecified atom stereocenters. The van der Waals surface area contributed by atoms with Crippen molar-refractivity contribution in [2.75, 3.05) is 34.2 Å². The van der Waals surface area contributed by atoms with Crippen molar-refractivity contribution in [1.82, 2.24) is 19.9 Å². The summed E-state index contributed by atoms with van der Waals surface area (Å²) in [5.41, 5.74) is 0.196. The number of rotatable bonds is 24. The number of anilines is 2. The fraction of sp³-hybridized carbons (Fsp3) is 0.480. The van der Waals surface area contributed by atoms with E-state index in [0.717, 1.165) is 8.61 Å². The van der Waals surface area contributed by atoms with Crippen molar-refractivity contribution in [2.24, 2.45) is 0 Å². The van der Waals surface area contributed by atoms with Crippen LogP contribution >= 0.6 is 0 Å². The summed E-state index contributed by atoms with van der Waals surface area (Å²) in [5.74, 6) is -5.28. The van der Waals surface area contributed by atoms with Crippen LogP contribution in [0, 0.1) is 11.6 Å². The van der Waals surface area contributed by atoms with Crippen LogP contribution in [0.2, 0.25) is 0 Å². The molecule has 0 saturated heterocycles. The van der Waals surface area contributed by atoms with Gasteiger partial charge in [0.25, 0.3) is 0 Å². The molecule has 0 spiro atoms. The van der Waals surface area contributed by atoms with Gasteiger partial charge in [-0.15, -0.1) is 0 Å². The molecular formula is C50H68CaF2N6O14S2. The maximum Gasteiger partial charge on any atom is 0.305 e. The van der Waals surface area contributed by atoms with E-state index >= 15 is 0 Å². The summed E-state index contributed by atoms with van der Waals surface area (Å²) in [6.07, 6.45) is -0.631. The number of carbonyl (C=O) groups is 2. The van der Waals surface area contributed by atoms with E-state index < -0.39 is 104 Å². The van der Waals surface area contributed by atoms with Gasteiger partial charge in [-0.2, -0.15) is 0 Å². The molecule has 0 saturated carbocycles. The van der Waals surface area contributed by atoms with Crippen LogP contribution in [0.25, 0.3) is 34.7 Å². The second-order valence-electron chi connectivity index (χ2n) is 19.6. The number of aliphatic hydroxyl groups excluding tert-OH is 4. The van der Waals surface area contributed by atoms with Gasteiger partial charge in [0, 0.05) is 86.9 Å². The number of carboxylic acids is 2. The van der Waals surface area contributed by atoms with Crippen LogP contribution in [0.4, 0.5) is 20.7 Å². The predicted molar refractivity (Wildman–Crippen MR) is 282 cm³/mol. The largest absolute Gasteiger partial charge is 0.481 e. The van der Waals surface area contributed by atoms with Crippen molar-refractivity contribution in [2.45, 2.75) is 129 Å². The molecule has 0 aliphatic rings. The topological polar surface area (TPSA) is 322 Å². The molecule has 2 aromatic heterocycles. The number of nitrogens with zero attached hydrogens (tertiary/aromatic N) is 6. The van der Waals surface area contributed by atoms with E-state index in [0.29, 0.717) is 33.6 Å². The Hall–Kier alpha value is -4.60. The Morgan fingerprint density at radius 2 is 0.880 bits per heavy atom. The molecule has 25 heteroatoms. The molecule has 2 aromatic carbocycles. The van der Waals surface area contributed by atoms with Crippen LogP contribution in [0.3, 0.4) is 0 Å². The number of halogens is 2. The molecule has 20 nitrogen and oxygen atoms in total. The van der Waals surface area contributed by atoms with Gasteiger partial charge in [0.1, 0.15) is 11.6 Å². The zero-order valence-electron chi connectivity index (χ0n) is 43.6. The van der Waals surface area contributed by atoms with Crippen molar-refractivity contribution in [3.63, 3.8) is 0 Å². The molecule has 8 N–H and O–H groups in total. The summed E-state index contributed by atoms with van der Waals surface area (Å²) in [7, 11) is -5.48. The first-order valence-electron chi connectivity index (χ1n) is 23.3. The molecule has 4 atom stereocenters. The van der Waals surface area contributed by atoms with Crippen LogP contribution in [0.1, 0.15) is 115 Å². The third kappa shape index (κ3) is 21.4. The molecule has 4 aromatic rings. The molecule has 0 aliphatic heterocycles. The molecule has 0 aliphatic carbocycles. The van der Waals surface area contributed by atoms with Crippen LogP contribution < -0.4 is 8.61 Å². The van der Waals surface area contributed by atoms with Gasteiger partial charge in [-0.25, -0.2) is 54.2 Å². The average Bonchev–Trinajstić information content (AvgIpc) is 3.25. The van der Waals surface area contributed by atoms with E-state index in [2.05, 4.69) is 19.9 Å². The molecule has 410 valence electrons. The number of sulfonamides is 2. The minimum atomic E-state index is -4.02. The molecule has 0 fully saturated rings. The predicted octanol–water partition coefficient (Wildman–Crippen LogP) is 4.70. The van der Waals surface area contributed by atoms with Gasteiger partial charge >= 0.3 is 11.9 Å². The van der Waals surface area contributed by atoms with E-state index in [1.807, 2.05) is 27.7 Å². The number of aromatic nitrogens is 4. The molecular weight excluding hydrogens is 1050 g/mol. The zero-order chi connectivity index (χ0) is 56.3. The standard InChI is InChI=1S/2C25H34FN3O7S.Ca/c2*1-15(2)22-20(11-10-18(30)12-19(31)13-21(32)33)23(16-6-8-17(26)9-7-16)28-24(27-22)29(5)37(35,36)14-25(3,4)34;/h2*6-11,15,18-19,30-31,34H,12-14H2,1-5H3,(H,32,33);/b2*11-10+;/t2*18-,19-;/m11./s1. The molecule has 75 heavy (non-hydrogen) atoms. The second kappa shape index (κ2) is 28.1. The average molecular weight is 1120 g/mol. The van der Waals surface area contributed by atoms with Crippen molar-refractivity contribution in [1.29, 1.82) is 0 Å². The molecule has 4 rings (SSSR count). The van der Waals surface area contributed by atoms with Crippen molar-refractivity contribution in [3.8, 4) is 22.5 Å². The van der Waals surface area contributed by atoms with Crippen LogP contribution in [-0.4, -0.2) is 189 Å². The van der Waals surface area contributed by atoms with Gasteiger partial charge in [0.15, 0.2) is 0 Å². The van der Waals surface area contributed by atoms with E-state index in [9.17, 15) is 65.8 Å². The Morgan fingerprint density at radius 3 is 1.13 bits per heavy atom. The van der Waals surface area contributed by atoms with E-state index in [1.165, 1.54) is 115 Å².